The number of hydrogen-bond donors (Lipinski definition) is 0. The minimum Gasteiger partial charge on any atom is -0.0623 e. The second-order valence-electron chi connectivity index (χ2n) is 20.7. The Morgan fingerprint density at radius 2 is 0.436 bits per heavy atom. The summed E-state index contributed by atoms with van der Waals surface area (Å²) in [6.45, 7) is 0. The van der Waals surface area contributed by atoms with Crippen molar-refractivity contribution in [2.75, 3.05) is 0 Å². The monoisotopic (exact) mass is 1020 g/mol. The van der Waals surface area contributed by atoms with Crippen LogP contribution in [0.1, 0.15) is 0 Å². The molecule has 0 aliphatic carbocycles. The predicted molar refractivity (Wildman–Crippen MR) is 340 cm³/mol. The van der Waals surface area contributed by atoms with E-state index in [0.717, 1.165) is 0 Å². The van der Waals surface area contributed by atoms with Crippen molar-refractivity contribution in [3.05, 3.63) is 328 Å². The van der Waals surface area contributed by atoms with Crippen molar-refractivity contribution in [2.24, 2.45) is 0 Å². The fraction of sp³-hybridized carbons (Fsp3) is 0. The van der Waals surface area contributed by atoms with Crippen molar-refractivity contribution in [1.29, 1.82) is 0 Å². The summed E-state index contributed by atoms with van der Waals surface area (Å²) in [6, 6.07) is 124. The third-order valence-electron chi connectivity index (χ3n) is 16.5. The van der Waals surface area contributed by atoms with E-state index in [2.05, 4.69) is 328 Å². The third-order valence-corrected chi connectivity index (χ3v) is 26.1. The second kappa shape index (κ2) is 19.9. The van der Waals surface area contributed by atoms with Crippen LogP contribution in [-0.4, -0.2) is 16.1 Å². The first-order valence-corrected chi connectivity index (χ1v) is 31.1. The highest BCUT2D eigenvalue weighted by Crippen LogP contribution is 2.45. The topological polar surface area (TPSA) is 0 Å². The van der Waals surface area contributed by atoms with E-state index in [1.54, 1.807) is 0 Å². The minimum absolute atomic E-state index is 1.19. The van der Waals surface area contributed by atoms with Gasteiger partial charge in [0.25, 0.3) is 0 Å². The first-order chi connectivity index (χ1) is 38.7. The number of benzene rings is 14. The third kappa shape index (κ3) is 7.88. The maximum atomic E-state index is 2.62. The number of fused-ring (bicyclic) bond motifs is 4. The van der Waals surface area contributed by atoms with Gasteiger partial charge in [0.05, 0.1) is 0 Å². The molecule has 0 nitrogen and oxygen atoms in total. The van der Waals surface area contributed by atoms with Gasteiger partial charge in [-0.15, -0.1) is 0 Å². The molecule has 0 unspecified atom stereocenters. The zero-order chi connectivity index (χ0) is 51.9. The van der Waals surface area contributed by atoms with E-state index in [1.165, 1.54) is 118 Å². The van der Waals surface area contributed by atoms with Crippen LogP contribution in [0.15, 0.2) is 328 Å². The Labute approximate surface area is 458 Å². The van der Waals surface area contributed by atoms with Gasteiger partial charge in [-0.3, -0.25) is 0 Å². The van der Waals surface area contributed by atoms with E-state index in [0.29, 0.717) is 0 Å². The molecule has 0 aliphatic heterocycles. The van der Waals surface area contributed by atoms with Gasteiger partial charge in [0.15, 0.2) is 16.1 Å². The lowest BCUT2D eigenvalue weighted by Gasteiger charge is -2.35. The summed E-state index contributed by atoms with van der Waals surface area (Å²) >= 11 is 0. The summed E-state index contributed by atoms with van der Waals surface area (Å²) in [5, 5.41) is 20.7. The molecule has 0 aromatic heterocycles. The Kier molecular flexibility index (Phi) is 12.0. The average Bonchev–Trinajstić information content (AvgIpc) is 3.66. The Morgan fingerprint density at radius 3 is 0.808 bits per heavy atom. The van der Waals surface area contributed by atoms with Crippen molar-refractivity contribution in [1.82, 2.24) is 0 Å². The van der Waals surface area contributed by atoms with E-state index >= 15 is 0 Å². The molecule has 0 aliphatic rings. The van der Waals surface area contributed by atoms with Crippen LogP contribution in [0.3, 0.4) is 0 Å². The van der Waals surface area contributed by atoms with E-state index < -0.39 is 16.1 Å². The summed E-state index contributed by atoms with van der Waals surface area (Å²) < 4.78 is 0. The molecule has 0 saturated carbocycles. The Morgan fingerprint density at radius 1 is 0.154 bits per heavy atom. The van der Waals surface area contributed by atoms with E-state index in [9.17, 15) is 0 Å². The molecule has 14 rings (SSSR count). The quantitative estimate of drug-likeness (QED) is 0.0688. The minimum atomic E-state index is -2.98. The molecule has 0 spiro atoms. The molecule has 2 heteroatoms. The van der Waals surface area contributed by atoms with Gasteiger partial charge >= 0.3 is 0 Å². The summed E-state index contributed by atoms with van der Waals surface area (Å²) in [5.74, 6) is 0. The molecule has 0 fully saturated rings. The highest BCUT2D eigenvalue weighted by molar-refractivity contribution is 7.20. The molecule has 14 aromatic rings. The van der Waals surface area contributed by atoms with Crippen LogP contribution in [0, 0.1) is 0 Å². The van der Waals surface area contributed by atoms with Crippen LogP contribution in [0.5, 0.6) is 0 Å². The van der Waals surface area contributed by atoms with Gasteiger partial charge in [0.2, 0.25) is 0 Å². The molecule has 0 amide bonds. The van der Waals surface area contributed by atoms with E-state index in [4.69, 9.17) is 0 Å². The van der Waals surface area contributed by atoms with Gasteiger partial charge in [-0.05, 0) is 130 Å². The van der Waals surface area contributed by atoms with Crippen LogP contribution in [-0.2, 0) is 0 Å². The highest BCUT2D eigenvalue weighted by atomic mass is 28.3. The SMILES string of the molecule is c1ccc([Si](c2ccccc2)(c2ccccc2)c2ccc3c(-c4ccc(-c5ccc6ccccc6c5)cc4)c4ccc([Si](c5ccccc5)(c5ccccc5)c5ccccc5)cc4c(-c4ccc5ccccc5c4)c3c2)cc1. The Balaban J connectivity index is 1.14. The molecule has 78 heavy (non-hydrogen) atoms. The molecule has 0 bridgehead atoms. The summed E-state index contributed by atoms with van der Waals surface area (Å²) in [5.41, 5.74) is 7.29. The molecule has 0 saturated heterocycles. The summed E-state index contributed by atoms with van der Waals surface area (Å²) in [4.78, 5) is 0. The van der Waals surface area contributed by atoms with Gasteiger partial charge in [-0.25, -0.2) is 0 Å². The molecule has 0 heterocycles. The maximum absolute atomic E-state index is 2.98. The summed E-state index contributed by atoms with van der Waals surface area (Å²) in [7, 11) is -5.96. The molecular weight excluding hydrogens is 969 g/mol. The molecule has 14 aromatic carbocycles. The van der Waals surface area contributed by atoms with Gasteiger partial charge in [-0.1, -0.05) is 315 Å². The normalized spacial score (nSPS) is 11.8. The first kappa shape index (κ1) is 47.0. The zero-order valence-electron chi connectivity index (χ0n) is 43.2. The highest BCUT2D eigenvalue weighted by Gasteiger charge is 2.43. The first-order valence-electron chi connectivity index (χ1n) is 27.1. The van der Waals surface area contributed by atoms with Gasteiger partial charge in [0.1, 0.15) is 0 Å². The van der Waals surface area contributed by atoms with Crippen molar-refractivity contribution >= 4 is 101 Å². The fourth-order valence-corrected chi connectivity index (χ4v) is 22.5. The Hall–Kier alpha value is -9.45. The molecule has 0 radical (unpaired) electrons. The lowest BCUT2D eigenvalue weighted by Crippen LogP contribution is -2.74. The van der Waals surface area contributed by atoms with E-state index in [-0.39, 0.29) is 0 Å². The molecule has 0 atom stereocenters. The van der Waals surface area contributed by atoms with Crippen LogP contribution in [0.4, 0.5) is 0 Å². The summed E-state index contributed by atoms with van der Waals surface area (Å²) in [6.07, 6.45) is 0. The predicted octanol–water partition coefficient (Wildman–Crippen LogP) is 14.1. The van der Waals surface area contributed by atoms with Gasteiger partial charge in [0, 0.05) is 0 Å². The molecular formula is C76H54Si2. The second-order valence-corrected chi connectivity index (χ2v) is 28.3. The van der Waals surface area contributed by atoms with Crippen LogP contribution >= 0.6 is 0 Å². The number of hydrogen-bond acceptors (Lipinski definition) is 0. The molecule has 0 N–H and O–H groups in total. The fourth-order valence-electron chi connectivity index (χ4n) is 13.0. The van der Waals surface area contributed by atoms with Gasteiger partial charge in [-0.2, -0.15) is 0 Å². The van der Waals surface area contributed by atoms with Crippen LogP contribution in [0.2, 0.25) is 0 Å². The lowest BCUT2D eigenvalue weighted by molar-refractivity contribution is 1.63. The van der Waals surface area contributed by atoms with Crippen molar-refractivity contribution in [2.45, 2.75) is 0 Å². The lowest BCUT2D eigenvalue weighted by atomic mass is 9.85. The molecule has 366 valence electrons. The van der Waals surface area contributed by atoms with Gasteiger partial charge < -0.3 is 0 Å². The average molecular weight is 1020 g/mol. The zero-order valence-corrected chi connectivity index (χ0v) is 45.2. The van der Waals surface area contributed by atoms with Crippen molar-refractivity contribution in [3.8, 4) is 33.4 Å². The standard InChI is InChI=1S/C76H54Si2/c1-7-27-63(28-8-1)77(64-29-9-2-10-30-64,65-31-11-3-12-32-65)69-47-49-71-73(53-69)76(62-46-42-56-24-20-22-26-60(56)52-62)74-54-70(78(66-33-13-4-14-34-66,67-35-15-5-16-36-67)68-37-17-6-18-38-68)48-50-72(74)75(71)58-43-39-57(40-44-58)61-45-41-55-23-19-21-25-59(55)51-61/h1-54H. The maximum Gasteiger partial charge on any atom is 0.179 e. The van der Waals surface area contributed by atoms with Crippen LogP contribution < -0.4 is 41.5 Å². The van der Waals surface area contributed by atoms with E-state index in [1.807, 2.05) is 0 Å². The van der Waals surface area contributed by atoms with Crippen molar-refractivity contribution in [3.63, 3.8) is 0 Å². The van der Waals surface area contributed by atoms with Crippen molar-refractivity contribution < 1.29 is 0 Å². The van der Waals surface area contributed by atoms with Crippen LogP contribution in [0.25, 0.3) is 76.5 Å². The largest absolute Gasteiger partial charge is 0.179 e. The smallest absolute Gasteiger partial charge is 0.0623 e. The number of rotatable bonds is 11. The Bertz CT molecular complexity index is 4070.